The molecule has 20 heavy (non-hydrogen) atoms. The summed E-state index contributed by atoms with van der Waals surface area (Å²) in [6, 6.07) is 8.19. The highest BCUT2D eigenvalue weighted by atomic mass is 15.2. The Kier molecular flexibility index (Phi) is 4.42. The lowest BCUT2D eigenvalue weighted by Gasteiger charge is -2.40. The van der Waals surface area contributed by atoms with Crippen LogP contribution in [-0.2, 0) is 6.54 Å². The van der Waals surface area contributed by atoms with E-state index in [0.29, 0.717) is 0 Å². The molecule has 3 rings (SSSR count). The van der Waals surface area contributed by atoms with Crippen LogP contribution in [0.15, 0.2) is 18.2 Å². The maximum Gasteiger partial charge on any atom is 0.0252 e. The fraction of sp³-hybridized carbons (Fsp3) is 0.667. The second-order valence-corrected chi connectivity index (χ2v) is 6.61. The number of hydrogen-bond acceptors (Lipinski definition) is 2. The van der Waals surface area contributed by atoms with Crippen molar-refractivity contribution in [2.45, 2.75) is 64.6 Å². The van der Waals surface area contributed by atoms with E-state index in [1.54, 1.807) is 5.56 Å². The molecule has 2 heterocycles. The average molecular weight is 272 g/mol. The van der Waals surface area contributed by atoms with E-state index in [4.69, 9.17) is 0 Å². The Morgan fingerprint density at radius 3 is 2.60 bits per heavy atom. The van der Waals surface area contributed by atoms with Gasteiger partial charge in [0.15, 0.2) is 0 Å². The van der Waals surface area contributed by atoms with Crippen LogP contribution in [0.4, 0.5) is 0 Å². The Morgan fingerprint density at radius 2 is 1.90 bits per heavy atom. The molecule has 2 atom stereocenters. The first-order valence-electron chi connectivity index (χ1n) is 8.28. The lowest BCUT2D eigenvalue weighted by atomic mass is 9.93. The third-order valence-corrected chi connectivity index (χ3v) is 5.23. The third kappa shape index (κ3) is 2.91. The number of hydrogen-bond donors (Lipinski definition) is 1. The molecule has 0 spiro atoms. The largest absolute Gasteiger partial charge is 0.312 e. The van der Waals surface area contributed by atoms with Gasteiger partial charge in [-0.2, -0.15) is 0 Å². The number of nitrogens with one attached hydrogen (secondary N) is 1. The van der Waals surface area contributed by atoms with Gasteiger partial charge in [0.05, 0.1) is 0 Å². The third-order valence-electron chi connectivity index (χ3n) is 5.23. The highest BCUT2D eigenvalue weighted by Crippen LogP contribution is 2.27. The summed E-state index contributed by atoms with van der Waals surface area (Å²) in [5.74, 6) is 0. The van der Waals surface area contributed by atoms with Crippen LogP contribution in [0.1, 0.15) is 48.8 Å². The van der Waals surface area contributed by atoms with Crippen LogP contribution in [0.5, 0.6) is 0 Å². The normalized spacial score (nSPS) is 27.9. The quantitative estimate of drug-likeness (QED) is 0.907. The Hall–Kier alpha value is -0.860. The molecule has 2 fully saturated rings. The molecule has 2 aliphatic rings. The van der Waals surface area contributed by atoms with Crippen LogP contribution in [0.2, 0.25) is 0 Å². The van der Waals surface area contributed by atoms with Crippen molar-refractivity contribution < 1.29 is 0 Å². The van der Waals surface area contributed by atoms with E-state index in [-0.39, 0.29) is 0 Å². The Labute approximate surface area is 123 Å². The van der Waals surface area contributed by atoms with Crippen LogP contribution in [0, 0.1) is 13.8 Å². The fourth-order valence-electron chi connectivity index (χ4n) is 4.01. The van der Waals surface area contributed by atoms with E-state index in [1.807, 2.05) is 0 Å². The van der Waals surface area contributed by atoms with Crippen molar-refractivity contribution in [2.24, 2.45) is 0 Å². The Morgan fingerprint density at radius 1 is 1.10 bits per heavy atom. The summed E-state index contributed by atoms with van der Waals surface area (Å²) in [7, 11) is 0. The highest BCUT2D eigenvalue weighted by molar-refractivity contribution is 5.33. The maximum atomic E-state index is 3.73. The molecule has 1 N–H and O–H groups in total. The van der Waals surface area contributed by atoms with E-state index >= 15 is 0 Å². The maximum absolute atomic E-state index is 3.73. The van der Waals surface area contributed by atoms with Crippen molar-refractivity contribution in [3.05, 3.63) is 34.9 Å². The van der Waals surface area contributed by atoms with Gasteiger partial charge in [-0.1, -0.05) is 24.6 Å². The zero-order valence-corrected chi connectivity index (χ0v) is 13.0. The van der Waals surface area contributed by atoms with Crippen LogP contribution in [0.25, 0.3) is 0 Å². The average Bonchev–Trinajstić information content (AvgIpc) is 2.97. The zero-order chi connectivity index (χ0) is 13.9. The van der Waals surface area contributed by atoms with Crippen LogP contribution < -0.4 is 5.32 Å². The summed E-state index contributed by atoms with van der Waals surface area (Å²) in [5, 5.41) is 3.73. The first kappa shape index (κ1) is 14.1. The molecular formula is C18H28N2. The van der Waals surface area contributed by atoms with Crippen molar-refractivity contribution >= 4 is 0 Å². The minimum absolute atomic E-state index is 0.736. The second kappa shape index (κ2) is 6.28. The number of aryl methyl sites for hydroxylation is 2. The van der Waals surface area contributed by atoms with Crippen molar-refractivity contribution in [3.63, 3.8) is 0 Å². The minimum Gasteiger partial charge on any atom is -0.312 e. The van der Waals surface area contributed by atoms with Gasteiger partial charge in [-0.05, 0) is 69.3 Å². The van der Waals surface area contributed by atoms with Crippen molar-refractivity contribution in [3.8, 4) is 0 Å². The van der Waals surface area contributed by atoms with Gasteiger partial charge in [-0.15, -0.1) is 0 Å². The van der Waals surface area contributed by atoms with Gasteiger partial charge in [-0.25, -0.2) is 0 Å². The molecule has 0 bridgehead atoms. The summed E-state index contributed by atoms with van der Waals surface area (Å²) in [4.78, 5) is 2.75. The lowest BCUT2D eigenvalue weighted by Crippen LogP contribution is -2.49. The van der Waals surface area contributed by atoms with Gasteiger partial charge < -0.3 is 5.32 Å². The second-order valence-electron chi connectivity index (χ2n) is 6.61. The zero-order valence-electron chi connectivity index (χ0n) is 13.0. The van der Waals surface area contributed by atoms with Crippen molar-refractivity contribution in [1.82, 2.24) is 10.2 Å². The topological polar surface area (TPSA) is 15.3 Å². The summed E-state index contributed by atoms with van der Waals surface area (Å²) >= 11 is 0. The van der Waals surface area contributed by atoms with Gasteiger partial charge in [0.25, 0.3) is 0 Å². The number of nitrogens with zero attached hydrogens (tertiary/aromatic N) is 1. The molecule has 0 aromatic heterocycles. The Bertz CT molecular complexity index is 428. The monoisotopic (exact) mass is 272 g/mol. The molecule has 2 aliphatic heterocycles. The van der Waals surface area contributed by atoms with E-state index in [0.717, 1.165) is 18.6 Å². The number of benzene rings is 1. The summed E-state index contributed by atoms with van der Waals surface area (Å²) < 4.78 is 0. The Balaban J connectivity index is 1.76. The van der Waals surface area contributed by atoms with Crippen LogP contribution in [-0.4, -0.2) is 30.1 Å². The molecule has 110 valence electrons. The van der Waals surface area contributed by atoms with E-state index in [2.05, 4.69) is 42.3 Å². The molecule has 2 heteroatoms. The van der Waals surface area contributed by atoms with E-state index in [9.17, 15) is 0 Å². The molecule has 1 aromatic rings. The molecular weight excluding hydrogens is 244 g/mol. The first-order valence-corrected chi connectivity index (χ1v) is 8.28. The number of piperidine rings is 1. The number of likely N-dealkylation sites (tertiary alicyclic amines) is 1. The standard InChI is InChI=1S/C18H28N2/c1-14-7-5-8-15(2)16(14)13-20-12-4-3-10-18(20)17-9-6-11-19-17/h5,7-8,17-19H,3-4,6,9-13H2,1-2H3. The molecule has 0 aliphatic carbocycles. The molecule has 1 aromatic carbocycles. The van der Waals surface area contributed by atoms with E-state index in [1.165, 1.54) is 56.3 Å². The highest BCUT2D eigenvalue weighted by Gasteiger charge is 2.31. The molecule has 2 saturated heterocycles. The van der Waals surface area contributed by atoms with E-state index < -0.39 is 0 Å². The van der Waals surface area contributed by atoms with Crippen molar-refractivity contribution in [1.29, 1.82) is 0 Å². The van der Waals surface area contributed by atoms with Crippen LogP contribution >= 0.6 is 0 Å². The smallest absolute Gasteiger partial charge is 0.0252 e. The molecule has 0 amide bonds. The lowest BCUT2D eigenvalue weighted by molar-refractivity contribution is 0.112. The molecule has 0 radical (unpaired) electrons. The van der Waals surface area contributed by atoms with Gasteiger partial charge in [-0.3, -0.25) is 4.90 Å². The summed E-state index contributed by atoms with van der Waals surface area (Å²) in [6.07, 6.45) is 6.88. The fourth-order valence-corrected chi connectivity index (χ4v) is 4.01. The number of rotatable bonds is 3. The summed E-state index contributed by atoms with van der Waals surface area (Å²) in [5.41, 5.74) is 4.46. The van der Waals surface area contributed by atoms with Gasteiger partial charge in [0.2, 0.25) is 0 Å². The molecule has 2 unspecified atom stereocenters. The minimum atomic E-state index is 0.736. The van der Waals surface area contributed by atoms with Crippen LogP contribution in [0.3, 0.4) is 0 Å². The molecule has 2 nitrogen and oxygen atoms in total. The SMILES string of the molecule is Cc1cccc(C)c1CN1CCCCC1C1CCCN1. The predicted molar refractivity (Wildman–Crippen MR) is 85.0 cm³/mol. The van der Waals surface area contributed by atoms with Crippen molar-refractivity contribution in [2.75, 3.05) is 13.1 Å². The van der Waals surface area contributed by atoms with Gasteiger partial charge >= 0.3 is 0 Å². The van der Waals surface area contributed by atoms with Gasteiger partial charge in [0.1, 0.15) is 0 Å². The summed E-state index contributed by atoms with van der Waals surface area (Å²) in [6.45, 7) is 8.15. The first-order chi connectivity index (χ1) is 9.75. The predicted octanol–water partition coefficient (Wildman–Crippen LogP) is 3.41. The molecule has 0 saturated carbocycles. The van der Waals surface area contributed by atoms with Gasteiger partial charge in [0, 0.05) is 18.6 Å².